The Morgan fingerprint density at radius 3 is 2.20 bits per heavy atom. The van der Waals surface area contributed by atoms with Gasteiger partial charge in [-0.1, -0.05) is 13.8 Å². The highest BCUT2D eigenvalue weighted by Gasteiger charge is 2.12. The van der Waals surface area contributed by atoms with Crippen LogP contribution in [-0.4, -0.2) is 30.9 Å². The van der Waals surface area contributed by atoms with E-state index in [4.69, 9.17) is 4.74 Å². The van der Waals surface area contributed by atoms with E-state index in [-0.39, 0.29) is 19.4 Å². The zero-order valence-corrected chi connectivity index (χ0v) is 9.08. The van der Waals surface area contributed by atoms with Gasteiger partial charge in [-0.3, -0.25) is 14.4 Å². The van der Waals surface area contributed by atoms with Crippen LogP contribution in [0, 0.1) is 0 Å². The molecular weight excluding hydrogens is 200 g/mol. The maximum atomic E-state index is 11.1. The molecule has 0 aliphatic heterocycles. The SMILES string of the molecule is CCCOC(=O)CC(=O)COC(=O)CC. The maximum absolute atomic E-state index is 11.1. The molecule has 5 nitrogen and oxygen atoms in total. The van der Waals surface area contributed by atoms with Gasteiger partial charge in [-0.05, 0) is 6.42 Å². The lowest BCUT2D eigenvalue weighted by atomic mass is 10.3. The van der Waals surface area contributed by atoms with Crippen LogP contribution in [0.3, 0.4) is 0 Å². The van der Waals surface area contributed by atoms with Crippen molar-refractivity contribution in [2.24, 2.45) is 0 Å². The van der Waals surface area contributed by atoms with Gasteiger partial charge in [0.15, 0.2) is 12.4 Å². The molecule has 0 N–H and O–H groups in total. The first-order chi connectivity index (χ1) is 7.10. The molecule has 0 bridgehead atoms. The van der Waals surface area contributed by atoms with Crippen LogP contribution in [0.5, 0.6) is 0 Å². The third kappa shape index (κ3) is 7.66. The summed E-state index contributed by atoms with van der Waals surface area (Å²) in [7, 11) is 0. The third-order valence-corrected chi connectivity index (χ3v) is 1.49. The molecule has 0 aromatic carbocycles. The van der Waals surface area contributed by atoms with Crippen molar-refractivity contribution < 1.29 is 23.9 Å². The highest BCUT2D eigenvalue weighted by Crippen LogP contribution is 1.93. The number of hydrogen-bond acceptors (Lipinski definition) is 5. The third-order valence-electron chi connectivity index (χ3n) is 1.49. The van der Waals surface area contributed by atoms with E-state index < -0.39 is 17.7 Å². The monoisotopic (exact) mass is 216 g/mol. The summed E-state index contributed by atoms with van der Waals surface area (Å²) < 4.78 is 9.26. The Bertz CT molecular complexity index is 234. The van der Waals surface area contributed by atoms with Gasteiger partial charge in [-0.15, -0.1) is 0 Å². The Kier molecular flexibility index (Phi) is 7.23. The van der Waals surface area contributed by atoms with Crippen LogP contribution in [0.4, 0.5) is 0 Å². The second kappa shape index (κ2) is 7.96. The van der Waals surface area contributed by atoms with Crippen molar-refractivity contribution in [3.05, 3.63) is 0 Å². The normalized spacial score (nSPS) is 9.47. The van der Waals surface area contributed by atoms with Gasteiger partial charge in [0.25, 0.3) is 0 Å². The number of ether oxygens (including phenoxy) is 2. The lowest BCUT2D eigenvalue weighted by Crippen LogP contribution is -2.18. The molecule has 0 saturated heterocycles. The van der Waals surface area contributed by atoms with E-state index in [2.05, 4.69) is 4.74 Å². The minimum absolute atomic E-state index is 0.216. The Hall–Kier alpha value is -1.39. The molecule has 0 fully saturated rings. The summed E-state index contributed by atoms with van der Waals surface area (Å²) in [5, 5.41) is 0. The molecule has 0 heterocycles. The van der Waals surface area contributed by atoms with Crippen LogP contribution in [0.25, 0.3) is 0 Å². The van der Waals surface area contributed by atoms with Crippen molar-refractivity contribution in [2.45, 2.75) is 33.1 Å². The number of rotatable bonds is 7. The van der Waals surface area contributed by atoms with Gasteiger partial charge in [0.2, 0.25) is 0 Å². The molecule has 0 radical (unpaired) electrons. The van der Waals surface area contributed by atoms with Gasteiger partial charge >= 0.3 is 11.9 Å². The molecule has 0 spiro atoms. The highest BCUT2D eigenvalue weighted by atomic mass is 16.5. The molecule has 0 saturated carbocycles. The smallest absolute Gasteiger partial charge is 0.313 e. The van der Waals surface area contributed by atoms with Crippen molar-refractivity contribution in [1.29, 1.82) is 0 Å². The molecule has 0 rings (SSSR count). The lowest BCUT2D eigenvalue weighted by molar-refractivity contribution is -0.152. The summed E-state index contributed by atoms with van der Waals surface area (Å²) in [5.74, 6) is -1.47. The Morgan fingerprint density at radius 1 is 1.00 bits per heavy atom. The van der Waals surface area contributed by atoms with Crippen LogP contribution in [0.1, 0.15) is 33.1 Å². The van der Waals surface area contributed by atoms with Crippen molar-refractivity contribution in [2.75, 3.05) is 13.2 Å². The van der Waals surface area contributed by atoms with Gasteiger partial charge in [0.05, 0.1) is 6.61 Å². The summed E-state index contributed by atoms with van der Waals surface area (Å²) in [5.41, 5.74) is 0. The predicted octanol–water partition coefficient (Wildman–Crippen LogP) is 0.852. The standard InChI is InChI=1S/C10H16O5/c1-3-5-14-10(13)6-8(11)7-15-9(12)4-2/h3-7H2,1-2H3. The minimum Gasteiger partial charge on any atom is -0.465 e. The fourth-order valence-corrected chi connectivity index (χ4v) is 0.742. The summed E-state index contributed by atoms with van der Waals surface area (Å²) >= 11 is 0. The van der Waals surface area contributed by atoms with E-state index in [9.17, 15) is 14.4 Å². The largest absolute Gasteiger partial charge is 0.465 e. The predicted molar refractivity (Wildman–Crippen MR) is 52.1 cm³/mol. The summed E-state index contributed by atoms with van der Waals surface area (Å²) in [6.07, 6.45) is 0.593. The van der Waals surface area contributed by atoms with Crippen molar-refractivity contribution in [3.63, 3.8) is 0 Å². The molecule has 0 aliphatic carbocycles. The molecule has 0 atom stereocenters. The van der Waals surface area contributed by atoms with E-state index in [0.717, 1.165) is 0 Å². The van der Waals surface area contributed by atoms with Crippen molar-refractivity contribution >= 4 is 17.7 Å². The highest BCUT2D eigenvalue weighted by molar-refractivity contribution is 5.96. The minimum atomic E-state index is -0.575. The van der Waals surface area contributed by atoms with Gasteiger partial charge in [-0.25, -0.2) is 0 Å². The summed E-state index contributed by atoms with van der Waals surface area (Å²) in [6, 6.07) is 0. The molecule has 0 aromatic rings. The second-order valence-electron chi connectivity index (χ2n) is 2.95. The average Bonchev–Trinajstić information content (AvgIpc) is 2.22. The molecule has 15 heavy (non-hydrogen) atoms. The molecule has 0 unspecified atom stereocenters. The lowest BCUT2D eigenvalue weighted by Gasteiger charge is -2.03. The van der Waals surface area contributed by atoms with E-state index in [1.807, 2.05) is 6.92 Å². The van der Waals surface area contributed by atoms with Crippen molar-refractivity contribution in [3.8, 4) is 0 Å². The Morgan fingerprint density at radius 2 is 1.67 bits per heavy atom. The van der Waals surface area contributed by atoms with Gasteiger partial charge < -0.3 is 9.47 Å². The molecular formula is C10H16O5. The van der Waals surface area contributed by atoms with E-state index >= 15 is 0 Å². The zero-order chi connectivity index (χ0) is 11.7. The van der Waals surface area contributed by atoms with E-state index in [0.29, 0.717) is 13.0 Å². The molecule has 0 aliphatic rings. The molecule has 5 heteroatoms. The number of carbonyl (C=O) groups is 3. The Balaban J connectivity index is 3.64. The fraction of sp³-hybridized carbons (Fsp3) is 0.700. The number of esters is 2. The molecule has 0 aromatic heterocycles. The van der Waals surface area contributed by atoms with Crippen LogP contribution in [-0.2, 0) is 23.9 Å². The van der Waals surface area contributed by atoms with Gasteiger partial charge in [0, 0.05) is 6.42 Å². The first-order valence-corrected chi connectivity index (χ1v) is 4.93. The van der Waals surface area contributed by atoms with Crippen LogP contribution < -0.4 is 0 Å². The number of carbonyl (C=O) groups excluding carboxylic acids is 3. The van der Waals surface area contributed by atoms with Crippen LogP contribution in [0.2, 0.25) is 0 Å². The number of hydrogen-bond donors (Lipinski definition) is 0. The quantitative estimate of drug-likeness (QED) is 0.466. The first kappa shape index (κ1) is 13.6. The number of ketones is 1. The fourth-order valence-electron chi connectivity index (χ4n) is 0.742. The summed E-state index contributed by atoms with van der Waals surface area (Å²) in [4.78, 5) is 32.7. The van der Waals surface area contributed by atoms with Crippen molar-refractivity contribution in [1.82, 2.24) is 0 Å². The van der Waals surface area contributed by atoms with E-state index in [1.54, 1.807) is 6.92 Å². The maximum Gasteiger partial charge on any atom is 0.313 e. The Labute approximate surface area is 88.7 Å². The average molecular weight is 216 g/mol. The van der Waals surface area contributed by atoms with Crippen LogP contribution in [0.15, 0.2) is 0 Å². The summed E-state index contributed by atoms with van der Waals surface area (Å²) in [6.45, 7) is 3.44. The van der Waals surface area contributed by atoms with Gasteiger partial charge in [-0.2, -0.15) is 0 Å². The second-order valence-corrected chi connectivity index (χ2v) is 2.95. The zero-order valence-electron chi connectivity index (χ0n) is 9.08. The first-order valence-electron chi connectivity index (χ1n) is 4.93. The van der Waals surface area contributed by atoms with Gasteiger partial charge in [0.1, 0.15) is 6.42 Å². The van der Waals surface area contributed by atoms with E-state index in [1.165, 1.54) is 0 Å². The topological polar surface area (TPSA) is 69.7 Å². The van der Waals surface area contributed by atoms with Crippen LogP contribution >= 0.6 is 0 Å². The molecule has 86 valence electrons. The number of Topliss-reactive ketones (excluding diaryl/α,β-unsaturated/α-hetero) is 1. The molecule has 0 amide bonds.